The third kappa shape index (κ3) is 3.32. The number of piperazine rings is 1. The smallest absolute Gasteiger partial charge is 0.0249 e. The summed E-state index contributed by atoms with van der Waals surface area (Å²) in [5.41, 5.74) is 0. The van der Waals surface area contributed by atoms with Gasteiger partial charge in [0.1, 0.15) is 0 Å². The van der Waals surface area contributed by atoms with E-state index in [4.69, 9.17) is 0 Å². The van der Waals surface area contributed by atoms with E-state index in [-0.39, 0.29) is 0 Å². The molecular formula is C19H36N2. The summed E-state index contributed by atoms with van der Waals surface area (Å²) in [5, 5.41) is 0. The summed E-state index contributed by atoms with van der Waals surface area (Å²) < 4.78 is 0. The molecule has 0 spiro atoms. The average Bonchev–Trinajstić information content (AvgIpc) is 2.95. The fraction of sp³-hybridized carbons (Fsp3) is 1.00. The van der Waals surface area contributed by atoms with Crippen LogP contribution < -0.4 is 0 Å². The highest BCUT2D eigenvalue weighted by Crippen LogP contribution is 2.36. The third-order valence-electron chi connectivity index (χ3n) is 6.58. The van der Waals surface area contributed by atoms with Gasteiger partial charge in [0.25, 0.3) is 0 Å². The van der Waals surface area contributed by atoms with Gasteiger partial charge in [0, 0.05) is 31.2 Å². The van der Waals surface area contributed by atoms with Gasteiger partial charge in [-0.15, -0.1) is 0 Å². The van der Waals surface area contributed by atoms with Gasteiger partial charge in [0.2, 0.25) is 0 Å². The standard InChI is InChI=1S/C19H36N2/c1-4-18(16-9-6-5-7-10-16)21-13-17-11-8-12-20(17)14-19(21)15(2)3/h15-19H,4-14H2,1-3H3. The van der Waals surface area contributed by atoms with Crippen LogP contribution in [0.25, 0.3) is 0 Å². The minimum absolute atomic E-state index is 0.796. The van der Waals surface area contributed by atoms with E-state index in [2.05, 4.69) is 30.6 Å². The first-order valence-corrected chi connectivity index (χ1v) is 9.70. The van der Waals surface area contributed by atoms with Crippen LogP contribution in [0.2, 0.25) is 0 Å². The van der Waals surface area contributed by atoms with Crippen molar-refractivity contribution < 1.29 is 0 Å². The van der Waals surface area contributed by atoms with E-state index in [1.807, 2.05) is 0 Å². The van der Waals surface area contributed by atoms with E-state index >= 15 is 0 Å². The molecule has 0 radical (unpaired) electrons. The van der Waals surface area contributed by atoms with E-state index in [0.29, 0.717) is 0 Å². The van der Waals surface area contributed by atoms with Crippen molar-refractivity contribution in [2.24, 2.45) is 11.8 Å². The van der Waals surface area contributed by atoms with Crippen LogP contribution in [0.5, 0.6) is 0 Å². The number of hydrogen-bond donors (Lipinski definition) is 0. The molecule has 0 bridgehead atoms. The first-order chi connectivity index (χ1) is 10.2. The molecule has 3 aliphatic rings. The molecule has 21 heavy (non-hydrogen) atoms. The first kappa shape index (κ1) is 15.8. The number of rotatable bonds is 4. The summed E-state index contributed by atoms with van der Waals surface area (Å²) in [6, 6.07) is 2.53. The van der Waals surface area contributed by atoms with Gasteiger partial charge in [0.05, 0.1) is 0 Å². The highest BCUT2D eigenvalue weighted by Gasteiger charge is 2.41. The van der Waals surface area contributed by atoms with E-state index in [9.17, 15) is 0 Å². The Morgan fingerprint density at radius 3 is 2.38 bits per heavy atom. The van der Waals surface area contributed by atoms with Gasteiger partial charge in [-0.25, -0.2) is 0 Å². The minimum atomic E-state index is 0.796. The lowest BCUT2D eigenvalue weighted by molar-refractivity contribution is -0.0237. The maximum absolute atomic E-state index is 2.98. The van der Waals surface area contributed by atoms with Gasteiger partial charge in [0.15, 0.2) is 0 Å². The Bertz CT molecular complexity index is 322. The monoisotopic (exact) mass is 292 g/mol. The third-order valence-corrected chi connectivity index (χ3v) is 6.58. The van der Waals surface area contributed by atoms with E-state index < -0.39 is 0 Å². The van der Waals surface area contributed by atoms with Gasteiger partial charge >= 0.3 is 0 Å². The molecule has 2 heteroatoms. The zero-order chi connectivity index (χ0) is 14.8. The summed E-state index contributed by atoms with van der Waals surface area (Å²) in [4.78, 5) is 5.78. The fourth-order valence-electron chi connectivity index (χ4n) is 5.40. The summed E-state index contributed by atoms with van der Waals surface area (Å²) in [6.07, 6.45) is 11.7. The molecule has 122 valence electrons. The predicted molar refractivity (Wildman–Crippen MR) is 90.6 cm³/mol. The van der Waals surface area contributed by atoms with Crippen LogP contribution in [-0.2, 0) is 0 Å². The zero-order valence-electron chi connectivity index (χ0n) is 14.6. The molecular weight excluding hydrogens is 256 g/mol. The van der Waals surface area contributed by atoms with Crippen molar-refractivity contribution in [1.29, 1.82) is 0 Å². The Labute approximate surface area is 132 Å². The maximum Gasteiger partial charge on any atom is 0.0249 e. The van der Waals surface area contributed by atoms with Gasteiger partial charge in [-0.2, -0.15) is 0 Å². The molecule has 3 unspecified atom stereocenters. The van der Waals surface area contributed by atoms with Crippen molar-refractivity contribution in [2.75, 3.05) is 19.6 Å². The molecule has 3 fully saturated rings. The van der Waals surface area contributed by atoms with E-state index in [1.54, 1.807) is 0 Å². The van der Waals surface area contributed by atoms with Crippen LogP contribution in [0.15, 0.2) is 0 Å². The average molecular weight is 293 g/mol. The second-order valence-electron chi connectivity index (χ2n) is 8.17. The highest BCUT2D eigenvalue weighted by molar-refractivity contribution is 4.97. The van der Waals surface area contributed by atoms with Gasteiger partial charge in [-0.3, -0.25) is 9.80 Å². The largest absolute Gasteiger partial charge is 0.298 e. The van der Waals surface area contributed by atoms with Crippen molar-refractivity contribution in [3.8, 4) is 0 Å². The Balaban J connectivity index is 1.74. The summed E-state index contributed by atoms with van der Waals surface area (Å²) >= 11 is 0. The van der Waals surface area contributed by atoms with E-state index in [0.717, 1.165) is 30.0 Å². The van der Waals surface area contributed by atoms with Crippen LogP contribution in [0.3, 0.4) is 0 Å². The van der Waals surface area contributed by atoms with Crippen LogP contribution in [0.1, 0.15) is 72.1 Å². The second kappa shape index (κ2) is 7.00. The molecule has 0 amide bonds. The molecule has 0 aromatic heterocycles. The number of fused-ring (bicyclic) bond motifs is 1. The number of nitrogens with zero attached hydrogens (tertiary/aromatic N) is 2. The van der Waals surface area contributed by atoms with Crippen molar-refractivity contribution >= 4 is 0 Å². The van der Waals surface area contributed by atoms with Crippen LogP contribution in [0.4, 0.5) is 0 Å². The van der Waals surface area contributed by atoms with Gasteiger partial charge in [-0.05, 0) is 50.5 Å². The zero-order valence-corrected chi connectivity index (χ0v) is 14.6. The molecule has 0 aromatic rings. The van der Waals surface area contributed by atoms with Crippen molar-refractivity contribution in [3.63, 3.8) is 0 Å². The second-order valence-corrected chi connectivity index (χ2v) is 8.17. The van der Waals surface area contributed by atoms with E-state index in [1.165, 1.54) is 71.0 Å². The lowest BCUT2D eigenvalue weighted by Crippen LogP contribution is -2.61. The maximum atomic E-state index is 2.98. The summed E-state index contributed by atoms with van der Waals surface area (Å²) in [6.45, 7) is 11.4. The Morgan fingerprint density at radius 2 is 1.71 bits per heavy atom. The minimum Gasteiger partial charge on any atom is -0.298 e. The quantitative estimate of drug-likeness (QED) is 0.768. The number of hydrogen-bond acceptors (Lipinski definition) is 2. The summed E-state index contributed by atoms with van der Waals surface area (Å²) in [5.74, 6) is 1.78. The molecule has 1 aliphatic carbocycles. The van der Waals surface area contributed by atoms with Crippen molar-refractivity contribution in [1.82, 2.24) is 9.80 Å². The predicted octanol–water partition coefficient (Wildman–Crippen LogP) is 4.15. The van der Waals surface area contributed by atoms with Crippen LogP contribution in [-0.4, -0.2) is 47.6 Å². The Hall–Kier alpha value is -0.0800. The molecule has 2 heterocycles. The Kier molecular flexibility index (Phi) is 5.27. The molecule has 2 nitrogen and oxygen atoms in total. The Morgan fingerprint density at radius 1 is 0.952 bits per heavy atom. The molecule has 3 rings (SSSR count). The molecule has 1 saturated carbocycles. The normalized spacial score (nSPS) is 34.3. The van der Waals surface area contributed by atoms with Crippen LogP contribution >= 0.6 is 0 Å². The van der Waals surface area contributed by atoms with Gasteiger partial charge < -0.3 is 0 Å². The topological polar surface area (TPSA) is 6.48 Å². The lowest BCUT2D eigenvalue weighted by Gasteiger charge is -2.51. The SMILES string of the molecule is CCC(C1CCCCC1)N1CC2CCCN2CC1C(C)C. The molecule has 2 aliphatic heterocycles. The molecule has 0 aromatic carbocycles. The molecule has 3 atom stereocenters. The first-order valence-electron chi connectivity index (χ1n) is 9.70. The molecule has 2 saturated heterocycles. The summed E-state index contributed by atoms with van der Waals surface area (Å²) in [7, 11) is 0. The fourth-order valence-corrected chi connectivity index (χ4v) is 5.40. The van der Waals surface area contributed by atoms with Gasteiger partial charge in [-0.1, -0.05) is 40.0 Å². The van der Waals surface area contributed by atoms with Crippen molar-refractivity contribution in [2.45, 2.75) is 90.3 Å². The molecule has 0 N–H and O–H groups in total. The van der Waals surface area contributed by atoms with Crippen LogP contribution in [0, 0.1) is 11.8 Å². The lowest BCUT2D eigenvalue weighted by atomic mass is 9.80. The van der Waals surface area contributed by atoms with Crippen molar-refractivity contribution in [3.05, 3.63) is 0 Å². The highest BCUT2D eigenvalue weighted by atomic mass is 15.3.